The van der Waals surface area contributed by atoms with Crippen LogP contribution in [0, 0.1) is 41.5 Å². The van der Waals surface area contributed by atoms with Crippen LogP contribution in [0.1, 0.15) is 303 Å². The number of fused-ring (bicyclic) bond motifs is 25. The summed E-state index contributed by atoms with van der Waals surface area (Å²) in [5, 5.41) is 2.22. The van der Waals surface area contributed by atoms with Gasteiger partial charge in [-0.2, -0.15) is 35.0 Å². The van der Waals surface area contributed by atoms with E-state index in [9.17, 15) is 0 Å². The molecule has 6 aliphatic carbocycles. The number of nitrogens with zero attached hydrogens (tertiary/aromatic N) is 9. The van der Waals surface area contributed by atoms with Gasteiger partial charge in [0.05, 0.1) is 52.6 Å². The number of aryl methyl sites for hydroxylation is 6. The van der Waals surface area contributed by atoms with Gasteiger partial charge >= 0.3 is 0 Å². The lowest BCUT2D eigenvalue weighted by Crippen LogP contribution is -2.17. The molecule has 0 saturated heterocycles. The predicted octanol–water partition coefficient (Wildman–Crippen LogP) is 38.1. The Kier molecular flexibility index (Phi) is 30.5. The lowest BCUT2D eigenvalue weighted by molar-refractivity contribution is 0.649. The molecule has 0 spiro atoms. The van der Waals surface area contributed by atoms with Crippen LogP contribution in [0.5, 0.6) is 0 Å². The summed E-state index contributed by atoms with van der Waals surface area (Å²) in [6.45, 7) is 53.5. The van der Waals surface area contributed by atoms with Crippen LogP contribution in [-0.4, -0.2) is 40.0 Å². The first-order valence-corrected chi connectivity index (χ1v) is 50.4. The molecular weight excluding hydrogens is 1800 g/mol. The molecule has 0 bridgehead atoms. The number of benzene rings is 13. The number of hydrogen-bond acceptors (Lipinski definition) is 13. The Morgan fingerprint density at radius 2 is 0.479 bits per heavy atom. The molecule has 18 aromatic rings. The minimum Gasteiger partial charge on any atom is -0.254 e. The van der Waals surface area contributed by atoms with E-state index in [0.29, 0.717) is 0 Å². The van der Waals surface area contributed by atoms with Gasteiger partial charge in [0.2, 0.25) is 0 Å². The fraction of sp³-hybridized carbons (Fsp3) is 0.279. The molecule has 5 aromatic heterocycles. The highest BCUT2D eigenvalue weighted by atomic mass is 32.1. The molecule has 0 N–H and O–H groups in total. The van der Waals surface area contributed by atoms with Gasteiger partial charge in [0, 0.05) is 60.6 Å². The molecule has 13 heteroatoms. The monoisotopic (exact) mass is 1940 g/mol. The van der Waals surface area contributed by atoms with E-state index in [0.717, 1.165) is 82.9 Å². The van der Waals surface area contributed by atoms with Crippen LogP contribution in [0.25, 0.3) is 169 Å². The van der Waals surface area contributed by atoms with Crippen molar-refractivity contribution in [3.05, 3.63) is 370 Å². The van der Waals surface area contributed by atoms with Gasteiger partial charge in [-0.05, 0) is 316 Å². The molecule has 0 aliphatic heterocycles. The van der Waals surface area contributed by atoms with Crippen LogP contribution in [0.2, 0.25) is 0 Å². The summed E-state index contributed by atoms with van der Waals surface area (Å²) in [7, 11) is 0. The van der Waals surface area contributed by atoms with Gasteiger partial charge in [-0.1, -0.05) is 357 Å². The van der Waals surface area contributed by atoms with E-state index in [1.165, 1.54) is 231 Å². The van der Waals surface area contributed by atoms with Crippen molar-refractivity contribution in [2.75, 3.05) is 0 Å². The van der Waals surface area contributed by atoms with E-state index >= 15 is 0 Å². The summed E-state index contributed by atoms with van der Waals surface area (Å²) in [4.78, 5) is 4.29. The molecular formula is C129H141N9S4. The lowest BCUT2D eigenvalue weighted by atomic mass is 9.78. The van der Waals surface area contributed by atoms with Crippen molar-refractivity contribution in [1.29, 1.82) is 0 Å². The number of allylic oxidation sites excluding steroid dienone is 6. The molecule has 0 atom stereocenters. The summed E-state index contributed by atoms with van der Waals surface area (Å²) in [5.74, 6) is 0. The number of hydrogen-bond donors (Lipinski definition) is 0. The third kappa shape index (κ3) is 18.0. The van der Waals surface area contributed by atoms with Crippen molar-refractivity contribution in [3.8, 4) is 77.9 Å². The normalized spacial score (nSPS) is 14.6. The Hall–Kier alpha value is -13.0. The molecule has 0 radical (unpaired) electrons. The maximum absolute atomic E-state index is 4.47. The Balaban J connectivity index is 0.000000148. The fourth-order valence-electron chi connectivity index (χ4n) is 22.1. The van der Waals surface area contributed by atoms with Crippen LogP contribution in [0.4, 0.5) is 0 Å². The van der Waals surface area contributed by atoms with Gasteiger partial charge in [-0.3, -0.25) is 4.98 Å². The molecule has 0 saturated carbocycles. The zero-order valence-corrected chi connectivity index (χ0v) is 85.9. The topological polar surface area (TPSA) is 116 Å². The van der Waals surface area contributed by atoms with Crippen LogP contribution in [0.3, 0.4) is 0 Å². The molecule has 24 rings (SSSR count). The highest BCUT2D eigenvalue weighted by Gasteiger charge is 2.46. The molecule has 0 unspecified atom stereocenters. The van der Waals surface area contributed by atoms with Crippen molar-refractivity contribution >= 4 is 138 Å². The van der Waals surface area contributed by atoms with Gasteiger partial charge in [0.25, 0.3) is 0 Å². The standard InChI is InChI=1S/C37H36.C34H32.C19H20.C14H10N4S2.C10H10N2S.C9H9N3S.6CH4/c1-9-10-22-12-14-24-26-18-34-28(20-32(26)36(5,6)30(24)16-22)27-19-31-25(17-33(27)37(34,7)8)23-13-11-21(2)15-29(23)35(31,3)4;1-7-8-22-10-14-26-28-16-12-24(20-32(28)34(5,6)30(26)18-22)23-11-15-27-25-13-9-21(2)17-29(25)33(3,4)31(27)19-23;1-5-6-14-8-10-16-15-9-7-13(2)11-17(15)19(3,4)18(16)12-14;1-3-4-8-6-10-9(14-12(8)16-20-18-14)5-7(2)11-13(10)17-19-15-11;1-3-4-8-6-5-7(2)9-10(8)12-13-11-9;1-3-4-7-9-8(11-13-12-9)6(2)5-10-7;;;;;;/h9-20H,1-8H3;7-20H,1-6H3;5-12H,1-4H3;3-6H,1-2H3;3-6H,1-2H3;3-5H,1-2H3;6*1H4/b10-9+;8-7+;6-5+;3*4-3+;;;;;;. The molecule has 6 aliphatic rings. The van der Waals surface area contributed by atoms with E-state index in [2.05, 4.69) is 421 Å². The Morgan fingerprint density at radius 3 is 0.852 bits per heavy atom. The zero-order chi connectivity index (χ0) is 95.7. The SMILES string of the molecule is C.C.C.C.C.C.C/C=C/c1cc2c(cc(C)c3nsnc32)c2nsnc12.C/C=C/c1ccc(C)c2nsnc12.C/C=C/c1ccc2c(c1)C(C)(C)c1cc(-c3ccc4c(c3)C(C)(C)c3cc(C)ccc3-4)ccc1-2.C/C=C/c1ccc2c(c1)C(C)(C)c1cc(C)ccc1-2.C/C=C/c1ccc2c(c1)C(C)(C)c1cc3c(cc1-2)C(C)(C)c1cc2c(cc1-3)C(C)(C)c1cc(C)ccc1-2.C/C=C/c1ncc(C)c2nsnc12. The zero-order valence-electron chi connectivity index (χ0n) is 82.6. The Labute approximate surface area is 863 Å². The molecule has 142 heavy (non-hydrogen) atoms. The number of pyridine rings is 1. The molecule has 13 aromatic carbocycles. The number of aromatic nitrogens is 9. The lowest BCUT2D eigenvalue weighted by Gasteiger charge is -2.25. The van der Waals surface area contributed by atoms with Gasteiger partial charge in [-0.25, -0.2) is 0 Å². The third-order valence-corrected chi connectivity index (χ3v) is 31.6. The first-order valence-electron chi connectivity index (χ1n) is 47.5. The average Bonchev–Trinajstić information content (AvgIpc) is 1.53. The predicted molar refractivity (Wildman–Crippen MR) is 626 cm³/mol. The summed E-state index contributed by atoms with van der Waals surface area (Å²) in [6, 6.07) is 74.2. The van der Waals surface area contributed by atoms with E-state index in [4.69, 9.17) is 0 Å². The van der Waals surface area contributed by atoms with Crippen LogP contribution in [0.15, 0.2) is 237 Å². The van der Waals surface area contributed by atoms with Crippen molar-refractivity contribution in [2.45, 2.75) is 243 Å². The second kappa shape index (κ2) is 40.8. The first kappa shape index (κ1) is 106. The fourth-order valence-corrected chi connectivity index (χ4v) is 24.5. The van der Waals surface area contributed by atoms with E-state index in [1.54, 1.807) is 0 Å². The van der Waals surface area contributed by atoms with Crippen molar-refractivity contribution < 1.29 is 0 Å². The van der Waals surface area contributed by atoms with E-state index in [1.807, 2.05) is 58.2 Å². The summed E-state index contributed by atoms with van der Waals surface area (Å²) in [6.07, 6.45) is 26.8. The summed E-state index contributed by atoms with van der Waals surface area (Å²) < 4.78 is 34.7. The maximum atomic E-state index is 4.47. The third-order valence-electron chi connectivity index (χ3n) is 29.5. The van der Waals surface area contributed by atoms with E-state index < -0.39 is 0 Å². The minimum atomic E-state index is -0.0376. The molecule has 0 amide bonds. The van der Waals surface area contributed by atoms with Gasteiger partial charge in [0.1, 0.15) is 44.1 Å². The van der Waals surface area contributed by atoms with Crippen LogP contribution < -0.4 is 0 Å². The van der Waals surface area contributed by atoms with Crippen molar-refractivity contribution in [2.24, 2.45) is 0 Å². The molecule has 726 valence electrons. The largest absolute Gasteiger partial charge is 0.254 e. The minimum absolute atomic E-state index is 0. The quantitative estimate of drug-likeness (QED) is 0.154. The average molecular weight is 1950 g/mol. The first-order chi connectivity index (χ1) is 65.1. The van der Waals surface area contributed by atoms with Crippen LogP contribution in [-0.2, 0) is 32.5 Å². The molecule has 5 heterocycles. The maximum Gasteiger partial charge on any atom is 0.130 e. The van der Waals surface area contributed by atoms with Gasteiger partial charge < -0.3 is 0 Å². The summed E-state index contributed by atoms with van der Waals surface area (Å²) >= 11 is 5.02. The van der Waals surface area contributed by atoms with Gasteiger partial charge in [0.15, 0.2) is 0 Å². The second-order valence-electron chi connectivity index (χ2n) is 40.6. The highest BCUT2D eigenvalue weighted by Crippen LogP contribution is 2.61. The van der Waals surface area contributed by atoms with Crippen molar-refractivity contribution in [1.82, 2.24) is 40.0 Å². The Morgan fingerprint density at radius 1 is 0.211 bits per heavy atom. The number of rotatable bonds is 7. The van der Waals surface area contributed by atoms with Gasteiger partial charge in [-0.15, -0.1) is 0 Å². The van der Waals surface area contributed by atoms with Crippen molar-refractivity contribution in [3.63, 3.8) is 0 Å². The highest BCUT2D eigenvalue weighted by molar-refractivity contribution is 7.01. The summed E-state index contributed by atoms with van der Waals surface area (Å²) in [5.41, 5.74) is 59.1. The second-order valence-corrected chi connectivity index (χ2v) is 42.7. The molecule has 0 fully saturated rings. The smallest absolute Gasteiger partial charge is 0.130 e. The van der Waals surface area contributed by atoms with E-state index in [-0.39, 0.29) is 77.0 Å². The Bertz CT molecular complexity index is 8040. The molecule has 9 nitrogen and oxygen atoms in total. The van der Waals surface area contributed by atoms with Crippen LogP contribution >= 0.6 is 46.9 Å².